The minimum absolute atomic E-state index is 0.0200. The number of nitrogens with one attached hydrogen (secondary N) is 2. The first-order chi connectivity index (χ1) is 17.1. The quantitative estimate of drug-likeness (QED) is 0.682. The van der Waals surface area contributed by atoms with Gasteiger partial charge >= 0.3 is 5.69 Å². The molecule has 35 heavy (non-hydrogen) atoms. The van der Waals surface area contributed by atoms with E-state index in [9.17, 15) is 10.1 Å². The summed E-state index contributed by atoms with van der Waals surface area (Å²) in [5, 5.41) is 13.0. The van der Waals surface area contributed by atoms with Crippen LogP contribution in [-0.4, -0.2) is 82.2 Å². The normalized spacial score (nSPS) is 25.6. The number of ether oxygens (including phenoxy) is 1. The number of hydrogen-bond donors (Lipinski definition) is 2. The molecular formula is C24H29N9O2. The molecule has 2 unspecified atom stereocenters. The van der Waals surface area contributed by atoms with Crippen LogP contribution in [0.3, 0.4) is 0 Å². The van der Waals surface area contributed by atoms with Gasteiger partial charge in [0.05, 0.1) is 24.5 Å². The first kappa shape index (κ1) is 22.0. The summed E-state index contributed by atoms with van der Waals surface area (Å²) in [7, 11) is 2.13. The molecule has 0 amide bonds. The molecule has 11 nitrogen and oxygen atoms in total. The molecule has 2 saturated heterocycles. The van der Waals surface area contributed by atoms with E-state index in [1.165, 1.54) is 0 Å². The highest BCUT2D eigenvalue weighted by atomic mass is 16.5. The van der Waals surface area contributed by atoms with Gasteiger partial charge in [0, 0.05) is 30.9 Å². The molecule has 2 aromatic heterocycles. The van der Waals surface area contributed by atoms with Crippen LogP contribution in [0.15, 0.2) is 33.6 Å². The second-order valence-corrected chi connectivity index (χ2v) is 9.68. The number of aliphatic imine (C=N–C) groups is 1. The minimum atomic E-state index is -0.176. The number of fused-ring (bicyclic) bond motifs is 2. The van der Waals surface area contributed by atoms with E-state index in [1.807, 2.05) is 17.1 Å². The zero-order chi connectivity index (χ0) is 23.9. The number of nitriles is 1. The van der Waals surface area contributed by atoms with Crippen LogP contribution in [0.1, 0.15) is 31.7 Å². The Hall–Kier alpha value is -3.49. The lowest BCUT2D eigenvalue weighted by Crippen LogP contribution is -2.38. The Morgan fingerprint density at radius 1 is 1.20 bits per heavy atom. The van der Waals surface area contributed by atoms with Crippen LogP contribution in [0.25, 0.3) is 11.2 Å². The number of aromatic nitrogens is 4. The van der Waals surface area contributed by atoms with E-state index in [4.69, 9.17) is 14.7 Å². The van der Waals surface area contributed by atoms with Crippen LogP contribution in [0.4, 0.5) is 11.8 Å². The van der Waals surface area contributed by atoms with Crippen molar-refractivity contribution in [3.8, 4) is 6.07 Å². The molecule has 6 rings (SSSR count). The van der Waals surface area contributed by atoms with Gasteiger partial charge in [-0.3, -0.25) is 14.5 Å². The first-order valence-corrected chi connectivity index (χ1v) is 12.3. The fraction of sp³-hybridized carbons (Fsp3) is 0.542. The number of aromatic amines is 1. The zero-order valence-corrected chi connectivity index (χ0v) is 19.7. The van der Waals surface area contributed by atoms with E-state index < -0.39 is 0 Å². The molecule has 0 saturated carbocycles. The van der Waals surface area contributed by atoms with Crippen molar-refractivity contribution in [3.05, 3.63) is 34.3 Å². The summed E-state index contributed by atoms with van der Waals surface area (Å²) in [6.07, 6.45) is 10.9. The molecule has 0 aromatic carbocycles. The lowest BCUT2D eigenvalue weighted by atomic mass is 9.99. The Morgan fingerprint density at radius 2 is 2.00 bits per heavy atom. The van der Waals surface area contributed by atoms with E-state index in [-0.39, 0.29) is 29.9 Å². The average molecular weight is 476 g/mol. The van der Waals surface area contributed by atoms with E-state index >= 15 is 0 Å². The van der Waals surface area contributed by atoms with Crippen molar-refractivity contribution in [2.75, 3.05) is 43.6 Å². The first-order valence-electron chi connectivity index (χ1n) is 12.3. The summed E-state index contributed by atoms with van der Waals surface area (Å²) in [4.78, 5) is 34.8. The van der Waals surface area contributed by atoms with Gasteiger partial charge in [-0.25, -0.2) is 4.79 Å². The molecule has 1 aliphatic carbocycles. The van der Waals surface area contributed by atoms with Gasteiger partial charge in [-0.15, -0.1) is 0 Å². The molecule has 3 aliphatic heterocycles. The van der Waals surface area contributed by atoms with Crippen molar-refractivity contribution in [1.82, 2.24) is 24.4 Å². The number of hydrogen-bond acceptors (Lipinski definition) is 9. The molecule has 182 valence electrons. The maximum atomic E-state index is 13.1. The lowest BCUT2D eigenvalue weighted by molar-refractivity contribution is 0.0697. The molecule has 2 atom stereocenters. The Morgan fingerprint density at radius 3 is 2.77 bits per heavy atom. The summed E-state index contributed by atoms with van der Waals surface area (Å²) in [6, 6.07) is 2.22. The molecule has 0 spiro atoms. The average Bonchev–Trinajstić information content (AvgIpc) is 3.46. The predicted octanol–water partition coefficient (Wildman–Crippen LogP) is 1.58. The summed E-state index contributed by atoms with van der Waals surface area (Å²) in [5.74, 6) is 1.10. The van der Waals surface area contributed by atoms with Crippen molar-refractivity contribution in [1.29, 1.82) is 5.26 Å². The van der Waals surface area contributed by atoms with Crippen molar-refractivity contribution in [2.24, 2.45) is 4.99 Å². The number of anilines is 2. The van der Waals surface area contributed by atoms with Crippen LogP contribution >= 0.6 is 0 Å². The second-order valence-electron chi connectivity index (χ2n) is 9.68. The molecule has 11 heteroatoms. The van der Waals surface area contributed by atoms with Gasteiger partial charge in [0.1, 0.15) is 5.52 Å². The van der Waals surface area contributed by atoms with Gasteiger partial charge < -0.3 is 19.9 Å². The predicted molar refractivity (Wildman–Crippen MR) is 133 cm³/mol. The second kappa shape index (κ2) is 8.94. The molecule has 2 fully saturated rings. The third-order valence-corrected chi connectivity index (χ3v) is 7.39. The number of imidazole rings is 1. The summed E-state index contributed by atoms with van der Waals surface area (Å²) in [5.41, 5.74) is 1.64. The number of allylic oxidation sites excluding steroid dienone is 2. The fourth-order valence-corrected chi connectivity index (χ4v) is 5.36. The standard InChI is InChI=1S/C24H29N9O2/c1-31-8-4-16(5-9-31)27-21-20-22(33(24(34)28-20)17-6-10-35-11-7-17)30-23(29-21)32-14-26-18-3-2-15(13-25)12-19(18)32/h2-3,12,14,16-19H,4-11H2,1H3,(H,28,34)(H,27,29,30). The van der Waals surface area contributed by atoms with Crippen molar-refractivity contribution in [2.45, 2.75) is 49.9 Å². The topological polar surface area (TPSA) is 127 Å². The lowest BCUT2D eigenvalue weighted by Gasteiger charge is -2.30. The number of H-pyrrole nitrogens is 1. The molecule has 4 aliphatic rings. The minimum Gasteiger partial charge on any atom is -0.381 e. The van der Waals surface area contributed by atoms with Gasteiger partial charge in [-0.2, -0.15) is 15.2 Å². The van der Waals surface area contributed by atoms with Crippen molar-refractivity contribution >= 4 is 29.3 Å². The van der Waals surface area contributed by atoms with E-state index in [0.717, 1.165) is 38.8 Å². The highest BCUT2D eigenvalue weighted by Gasteiger charge is 2.34. The zero-order valence-electron chi connectivity index (χ0n) is 19.7. The van der Waals surface area contributed by atoms with Crippen LogP contribution in [0, 0.1) is 11.3 Å². The number of likely N-dealkylation sites (tertiary alicyclic amines) is 1. The monoisotopic (exact) mass is 475 g/mol. The summed E-state index contributed by atoms with van der Waals surface area (Å²) < 4.78 is 7.30. The van der Waals surface area contributed by atoms with E-state index in [2.05, 4.69) is 33.3 Å². The summed E-state index contributed by atoms with van der Waals surface area (Å²) >= 11 is 0. The van der Waals surface area contributed by atoms with Gasteiger partial charge in [-0.1, -0.05) is 6.08 Å². The molecule has 2 aromatic rings. The maximum Gasteiger partial charge on any atom is 0.328 e. The largest absolute Gasteiger partial charge is 0.381 e. The highest BCUT2D eigenvalue weighted by Crippen LogP contribution is 2.31. The SMILES string of the molecule is CN1CCC(Nc2nc(N3C=NC4C=CC(C#N)=CC43)nc3c2[nH]c(=O)n3C2CCOCC2)CC1. The van der Waals surface area contributed by atoms with Crippen molar-refractivity contribution in [3.63, 3.8) is 0 Å². The molecule has 5 heterocycles. The highest BCUT2D eigenvalue weighted by molar-refractivity contribution is 5.88. The third kappa shape index (κ3) is 4.02. The smallest absolute Gasteiger partial charge is 0.328 e. The van der Waals surface area contributed by atoms with Crippen LogP contribution in [0.5, 0.6) is 0 Å². The van der Waals surface area contributed by atoms with Gasteiger partial charge in [0.15, 0.2) is 11.5 Å². The van der Waals surface area contributed by atoms with Crippen LogP contribution in [-0.2, 0) is 4.74 Å². The Labute approximate surface area is 202 Å². The Balaban J connectivity index is 1.44. The van der Waals surface area contributed by atoms with Crippen molar-refractivity contribution < 1.29 is 4.74 Å². The van der Waals surface area contributed by atoms with Crippen LogP contribution < -0.4 is 15.9 Å². The number of rotatable bonds is 4. The molecular weight excluding hydrogens is 446 g/mol. The maximum absolute atomic E-state index is 13.1. The molecule has 0 radical (unpaired) electrons. The molecule has 0 bridgehead atoms. The number of piperidine rings is 1. The fourth-order valence-electron chi connectivity index (χ4n) is 5.36. The van der Waals surface area contributed by atoms with Crippen LogP contribution in [0.2, 0.25) is 0 Å². The summed E-state index contributed by atoms with van der Waals surface area (Å²) in [6.45, 7) is 3.27. The number of nitrogens with zero attached hydrogens (tertiary/aromatic N) is 7. The third-order valence-electron chi connectivity index (χ3n) is 7.39. The Bertz CT molecular complexity index is 1300. The van der Waals surface area contributed by atoms with E-state index in [0.29, 0.717) is 41.7 Å². The Kier molecular flexibility index (Phi) is 5.62. The van der Waals surface area contributed by atoms with Gasteiger partial charge in [0.25, 0.3) is 0 Å². The van der Waals surface area contributed by atoms with Gasteiger partial charge in [-0.05, 0) is 58.0 Å². The molecule has 2 N–H and O–H groups in total. The van der Waals surface area contributed by atoms with Gasteiger partial charge in [0.2, 0.25) is 5.95 Å². The van der Waals surface area contributed by atoms with E-state index in [1.54, 1.807) is 17.0 Å².